The van der Waals surface area contributed by atoms with Crippen molar-refractivity contribution in [1.82, 2.24) is 10.6 Å². The number of carbonyl (C=O) groups excluding carboxylic acids is 1. The molecule has 1 amide bonds. The molecule has 20 heavy (non-hydrogen) atoms. The van der Waals surface area contributed by atoms with Gasteiger partial charge in [-0.2, -0.15) is 11.8 Å². The van der Waals surface area contributed by atoms with E-state index in [2.05, 4.69) is 23.8 Å². The number of thioether (sulfide) groups is 1. The van der Waals surface area contributed by atoms with E-state index in [4.69, 9.17) is 4.74 Å². The van der Waals surface area contributed by atoms with E-state index < -0.39 is 0 Å². The monoisotopic (exact) mass is 322 g/mol. The highest BCUT2D eigenvalue weighted by molar-refractivity contribution is 8.00. The molecular formula is C14H27ClN2O2S. The van der Waals surface area contributed by atoms with Gasteiger partial charge in [-0.1, -0.05) is 0 Å². The van der Waals surface area contributed by atoms with E-state index in [-0.39, 0.29) is 29.0 Å². The number of hydrogen-bond acceptors (Lipinski definition) is 4. The molecule has 0 radical (unpaired) electrons. The Hall–Kier alpha value is 0.0300. The van der Waals surface area contributed by atoms with Crippen molar-refractivity contribution in [2.45, 2.75) is 43.4 Å². The fraction of sp³-hybridized carbons (Fsp3) is 0.929. The molecule has 0 spiro atoms. The van der Waals surface area contributed by atoms with Gasteiger partial charge in [0, 0.05) is 36.5 Å². The van der Waals surface area contributed by atoms with Crippen molar-refractivity contribution < 1.29 is 9.53 Å². The molecule has 0 aromatic carbocycles. The van der Waals surface area contributed by atoms with Gasteiger partial charge in [0.2, 0.25) is 5.91 Å². The fourth-order valence-electron chi connectivity index (χ4n) is 2.96. The molecule has 0 unspecified atom stereocenters. The zero-order valence-corrected chi connectivity index (χ0v) is 14.1. The summed E-state index contributed by atoms with van der Waals surface area (Å²) in [4.78, 5) is 12.3. The molecule has 118 valence electrons. The molecule has 4 nitrogen and oxygen atoms in total. The van der Waals surface area contributed by atoms with Gasteiger partial charge in [0.1, 0.15) is 0 Å². The molecule has 2 atom stereocenters. The lowest BCUT2D eigenvalue weighted by Crippen LogP contribution is -2.48. The molecule has 2 aliphatic heterocycles. The smallest absolute Gasteiger partial charge is 0.223 e. The molecular weight excluding hydrogens is 296 g/mol. The highest BCUT2D eigenvalue weighted by Crippen LogP contribution is 2.33. The molecule has 6 heteroatoms. The summed E-state index contributed by atoms with van der Waals surface area (Å²) in [5.74, 6) is 0.434. The lowest BCUT2D eigenvalue weighted by Gasteiger charge is -2.36. The summed E-state index contributed by atoms with van der Waals surface area (Å²) >= 11 is 1.88. The lowest BCUT2D eigenvalue weighted by molar-refractivity contribution is -0.126. The first-order chi connectivity index (χ1) is 9.15. The van der Waals surface area contributed by atoms with Crippen molar-refractivity contribution in [2.24, 2.45) is 5.92 Å². The van der Waals surface area contributed by atoms with Crippen molar-refractivity contribution in [2.75, 3.05) is 32.6 Å². The molecule has 2 heterocycles. The zero-order valence-electron chi connectivity index (χ0n) is 12.4. The van der Waals surface area contributed by atoms with E-state index in [1.165, 1.54) is 0 Å². The van der Waals surface area contributed by atoms with Crippen molar-refractivity contribution >= 4 is 30.1 Å². The SMILES string of the molecule is CSC1(CNC(=O)[C@H]2CCN[C@@H](C)C2)CCOCC1.Cl. The first-order valence-corrected chi connectivity index (χ1v) is 8.52. The Morgan fingerprint density at radius 2 is 2.15 bits per heavy atom. The number of ether oxygens (including phenoxy) is 1. The number of halogens is 1. The summed E-state index contributed by atoms with van der Waals surface area (Å²) in [5, 5.41) is 6.58. The normalized spacial score (nSPS) is 29.3. The van der Waals surface area contributed by atoms with Crippen LogP contribution in [-0.2, 0) is 9.53 Å². The van der Waals surface area contributed by atoms with E-state index >= 15 is 0 Å². The Morgan fingerprint density at radius 3 is 2.75 bits per heavy atom. The van der Waals surface area contributed by atoms with Crippen LogP contribution in [0.15, 0.2) is 0 Å². The summed E-state index contributed by atoms with van der Waals surface area (Å²) in [7, 11) is 0. The second-order valence-corrected chi connectivity index (χ2v) is 7.07. The minimum atomic E-state index is 0. The first kappa shape index (κ1) is 18.1. The Labute approximate surface area is 132 Å². The molecule has 2 fully saturated rings. The van der Waals surface area contributed by atoms with Crippen molar-refractivity contribution in [3.63, 3.8) is 0 Å². The van der Waals surface area contributed by atoms with Crippen LogP contribution in [0.1, 0.15) is 32.6 Å². The number of amides is 1. The Balaban J connectivity index is 0.00000200. The van der Waals surface area contributed by atoms with Crippen LogP contribution in [-0.4, -0.2) is 49.3 Å². The molecule has 2 N–H and O–H groups in total. The van der Waals surface area contributed by atoms with Crippen molar-refractivity contribution in [3.8, 4) is 0 Å². The van der Waals surface area contributed by atoms with E-state index in [0.29, 0.717) is 6.04 Å². The second kappa shape index (κ2) is 8.47. The number of carbonyl (C=O) groups is 1. The Morgan fingerprint density at radius 1 is 1.45 bits per heavy atom. The average molecular weight is 323 g/mol. The maximum absolute atomic E-state index is 12.3. The van der Waals surface area contributed by atoms with E-state index in [1.807, 2.05) is 11.8 Å². The van der Waals surface area contributed by atoms with Crippen LogP contribution in [0.25, 0.3) is 0 Å². The molecule has 0 aliphatic carbocycles. The van der Waals surface area contributed by atoms with Crippen LogP contribution in [0, 0.1) is 5.92 Å². The fourth-order valence-corrected chi connectivity index (χ4v) is 3.75. The molecule has 2 aliphatic rings. The molecule has 0 aromatic heterocycles. The number of rotatable bonds is 4. The molecule has 0 aromatic rings. The first-order valence-electron chi connectivity index (χ1n) is 7.29. The Kier molecular flexibility index (Phi) is 7.65. The highest BCUT2D eigenvalue weighted by Gasteiger charge is 2.33. The number of nitrogens with one attached hydrogen (secondary N) is 2. The van der Waals surface area contributed by atoms with Crippen LogP contribution in [0.5, 0.6) is 0 Å². The van der Waals surface area contributed by atoms with Crippen LogP contribution in [0.3, 0.4) is 0 Å². The van der Waals surface area contributed by atoms with Gasteiger partial charge in [-0.15, -0.1) is 12.4 Å². The second-order valence-electron chi connectivity index (χ2n) is 5.79. The predicted molar refractivity (Wildman–Crippen MR) is 86.7 cm³/mol. The standard InChI is InChI=1S/C14H26N2O2S.ClH/c1-11-9-12(3-6-15-11)13(17)16-10-14(19-2)4-7-18-8-5-14;/h11-12,15H,3-10H2,1-2H3,(H,16,17);1H/t11-,12-;/m0./s1. The van der Waals surface area contributed by atoms with Gasteiger partial charge in [-0.25, -0.2) is 0 Å². The topological polar surface area (TPSA) is 50.4 Å². The van der Waals surface area contributed by atoms with Crippen LogP contribution < -0.4 is 10.6 Å². The minimum absolute atomic E-state index is 0. The summed E-state index contributed by atoms with van der Waals surface area (Å²) in [6.07, 6.45) is 6.14. The van der Waals surface area contributed by atoms with Crippen molar-refractivity contribution in [1.29, 1.82) is 0 Å². The third-order valence-corrected chi connectivity index (χ3v) is 5.83. The lowest BCUT2D eigenvalue weighted by atomic mass is 9.92. The summed E-state index contributed by atoms with van der Waals surface area (Å²) < 4.78 is 5.62. The summed E-state index contributed by atoms with van der Waals surface area (Å²) in [6, 6.07) is 0.460. The van der Waals surface area contributed by atoms with E-state index in [9.17, 15) is 4.79 Å². The molecule has 0 saturated carbocycles. The average Bonchev–Trinajstić information content (AvgIpc) is 2.46. The highest BCUT2D eigenvalue weighted by atomic mass is 35.5. The molecule has 2 saturated heterocycles. The maximum Gasteiger partial charge on any atom is 0.223 e. The largest absolute Gasteiger partial charge is 0.381 e. The minimum Gasteiger partial charge on any atom is -0.381 e. The summed E-state index contributed by atoms with van der Waals surface area (Å²) in [6.45, 7) is 5.54. The number of hydrogen-bond donors (Lipinski definition) is 2. The zero-order chi connectivity index (χ0) is 13.7. The van der Waals surface area contributed by atoms with Crippen LogP contribution >= 0.6 is 24.2 Å². The number of piperidine rings is 1. The predicted octanol–water partition coefficient (Wildman–Crippen LogP) is 1.82. The van der Waals surface area contributed by atoms with E-state index in [1.54, 1.807) is 0 Å². The summed E-state index contributed by atoms with van der Waals surface area (Å²) in [5.41, 5.74) is 0. The van der Waals surface area contributed by atoms with Gasteiger partial charge in [0.25, 0.3) is 0 Å². The van der Waals surface area contributed by atoms with Crippen LogP contribution in [0.4, 0.5) is 0 Å². The molecule has 2 rings (SSSR count). The van der Waals surface area contributed by atoms with E-state index in [0.717, 1.165) is 52.0 Å². The van der Waals surface area contributed by atoms with Gasteiger partial charge in [0.15, 0.2) is 0 Å². The van der Waals surface area contributed by atoms with Gasteiger partial charge in [-0.05, 0) is 45.4 Å². The van der Waals surface area contributed by atoms with Gasteiger partial charge in [0.05, 0.1) is 0 Å². The third kappa shape index (κ3) is 4.79. The van der Waals surface area contributed by atoms with Gasteiger partial charge >= 0.3 is 0 Å². The maximum atomic E-state index is 12.3. The van der Waals surface area contributed by atoms with Crippen molar-refractivity contribution in [3.05, 3.63) is 0 Å². The Bertz CT molecular complexity index is 312. The quantitative estimate of drug-likeness (QED) is 0.829. The third-order valence-electron chi connectivity index (χ3n) is 4.42. The molecule has 0 bridgehead atoms. The van der Waals surface area contributed by atoms with Gasteiger partial charge in [-0.3, -0.25) is 4.79 Å². The van der Waals surface area contributed by atoms with Gasteiger partial charge < -0.3 is 15.4 Å². The van der Waals surface area contributed by atoms with Crippen LogP contribution in [0.2, 0.25) is 0 Å².